The van der Waals surface area contributed by atoms with Gasteiger partial charge in [0.05, 0.1) is 0 Å². The number of likely N-dealkylation sites (tertiary alicyclic amines) is 1. The van der Waals surface area contributed by atoms with Crippen molar-refractivity contribution in [1.29, 1.82) is 0 Å². The van der Waals surface area contributed by atoms with Crippen LogP contribution in [-0.2, 0) is 0 Å². The van der Waals surface area contributed by atoms with E-state index in [1.807, 2.05) is 6.07 Å². The predicted molar refractivity (Wildman–Crippen MR) is 79.7 cm³/mol. The molecule has 0 spiro atoms. The smallest absolute Gasteiger partial charge is 0.133 e. The maximum atomic E-state index is 4.37. The van der Waals surface area contributed by atoms with Gasteiger partial charge in [-0.05, 0) is 39.3 Å². The number of hydrogen-bond acceptors (Lipinski definition) is 5. The van der Waals surface area contributed by atoms with Crippen LogP contribution in [0.3, 0.4) is 0 Å². The van der Waals surface area contributed by atoms with Crippen molar-refractivity contribution in [3.05, 3.63) is 12.4 Å². The molecule has 19 heavy (non-hydrogen) atoms. The van der Waals surface area contributed by atoms with Gasteiger partial charge < -0.3 is 15.1 Å². The number of anilines is 2. The van der Waals surface area contributed by atoms with E-state index in [0.29, 0.717) is 0 Å². The van der Waals surface area contributed by atoms with Crippen LogP contribution in [0.1, 0.15) is 19.8 Å². The first kappa shape index (κ1) is 14.1. The van der Waals surface area contributed by atoms with Crippen molar-refractivity contribution in [3.63, 3.8) is 0 Å². The van der Waals surface area contributed by atoms with Gasteiger partial charge in [-0.1, -0.05) is 0 Å². The molecule has 1 atom stereocenters. The molecule has 1 aliphatic rings. The Morgan fingerprint density at radius 2 is 2.32 bits per heavy atom. The zero-order valence-corrected chi connectivity index (χ0v) is 12.3. The molecule has 1 unspecified atom stereocenters. The molecule has 0 radical (unpaired) electrons. The van der Waals surface area contributed by atoms with Crippen molar-refractivity contribution in [2.75, 3.05) is 50.5 Å². The van der Waals surface area contributed by atoms with Crippen LogP contribution < -0.4 is 10.2 Å². The Morgan fingerprint density at radius 3 is 3.05 bits per heavy atom. The zero-order chi connectivity index (χ0) is 13.7. The topological polar surface area (TPSA) is 44.3 Å². The fourth-order valence-electron chi connectivity index (χ4n) is 2.74. The first-order valence-corrected chi connectivity index (χ1v) is 7.14. The first-order chi connectivity index (χ1) is 9.19. The average Bonchev–Trinajstić information content (AvgIpc) is 2.39. The van der Waals surface area contributed by atoms with Crippen LogP contribution in [0.25, 0.3) is 0 Å². The summed E-state index contributed by atoms with van der Waals surface area (Å²) in [5, 5.41) is 3.23. The van der Waals surface area contributed by atoms with Crippen LogP contribution in [-0.4, -0.2) is 55.1 Å². The Morgan fingerprint density at radius 1 is 1.47 bits per heavy atom. The third-order valence-corrected chi connectivity index (χ3v) is 3.66. The Hall–Kier alpha value is -1.36. The van der Waals surface area contributed by atoms with Gasteiger partial charge in [0, 0.05) is 32.7 Å². The van der Waals surface area contributed by atoms with Crippen molar-refractivity contribution >= 4 is 11.6 Å². The molecule has 1 aromatic rings. The van der Waals surface area contributed by atoms with Crippen LogP contribution in [0.15, 0.2) is 12.4 Å². The molecule has 1 N–H and O–H groups in total. The van der Waals surface area contributed by atoms with Crippen LogP contribution in [0.5, 0.6) is 0 Å². The fourth-order valence-corrected chi connectivity index (χ4v) is 2.74. The molecule has 2 rings (SSSR count). The third kappa shape index (κ3) is 4.06. The highest BCUT2D eigenvalue weighted by atomic mass is 15.2. The van der Waals surface area contributed by atoms with Crippen molar-refractivity contribution in [1.82, 2.24) is 14.9 Å². The van der Waals surface area contributed by atoms with E-state index in [1.54, 1.807) is 6.33 Å². The van der Waals surface area contributed by atoms with Crippen molar-refractivity contribution in [2.45, 2.75) is 19.8 Å². The quantitative estimate of drug-likeness (QED) is 0.876. The first-order valence-electron chi connectivity index (χ1n) is 7.14. The second-order valence-corrected chi connectivity index (χ2v) is 5.44. The molecule has 1 aliphatic heterocycles. The highest BCUT2D eigenvalue weighted by Crippen LogP contribution is 2.19. The molecular formula is C14H25N5. The monoisotopic (exact) mass is 263 g/mol. The van der Waals surface area contributed by atoms with E-state index >= 15 is 0 Å². The second kappa shape index (κ2) is 6.70. The van der Waals surface area contributed by atoms with Crippen LogP contribution in [0.4, 0.5) is 11.6 Å². The summed E-state index contributed by atoms with van der Waals surface area (Å²) in [5.74, 6) is 2.64. The van der Waals surface area contributed by atoms with E-state index in [-0.39, 0.29) is 0 Å². The van der Waals surface area contributed by atoms with Gasteiger partial charge in [0.15, 0.2) is 0 Å². The molecule has 1 fully saturated rings. The van der Waals surface area contributed by atoms with Gasteiger partial charge in [0.25, 0.3) is 0 Å². The van der Waals surface area contributed by atoms with Crippen molar-refractivity contribution in [3.8, 4) is 0 Å². The van der Waals surface area contributed by atoms with Crippen LogP contribution in [0.2, 0.25) is 0 Å². The lowest BCUT2D eigenvalue weighted by molar-refractivity contribution is 0.213. The van der Waals surface area contributed by atoms with Gasteiger partial charge in [-0.3, -0.25) is 0 Å². The largest absolute Gasteiger partial charge is 0.370 e. The Balaban J connectivity index is 1.94. The molecule has 0 aliphatic carbocycles. The molecule has 0 amide bonds. The maximum absolute atomic E-state index is 4.37. The molecule has 5 heteroatoms. The van der Waals surface area contributed by atoms with E-state index < -0.39 is 0 Å². The van der Waals surface area contributed by atoms with E-state index in [9.17, 15) is 0 Å². The van der Waals surface area contributed by atoms with Gasteiger partial charge >= 0.3 is 0 Å². The summed E-state index contributed by atoms with van der Waals surface area (Å²) in [4.78, 5) is 13.2. The number of aromatic nitrogens is 2. The SMILES string of the molecule is CCNc1cc(N(C)CC2CCCN(C)C2)ncn1. The summed E-state index contributed by atoms with van der Waals surface area (Å²) in [6.45, 7) is 6.44. The summed E-state index contributed by atoms with van der Waals surface area (Å²) >= 11 is 0. The van der Waals surface area contributed by atoms with Gasteiger partial charge in [-0.25, -0.2) is 9.97 Å². The summed E-state index contributed by atoms with van der Waals surface area (Å²) in [6.07, 6.45) is 4.26. The molecule has 0 bridgehead atoms. The lowest BCUT2D eigenvalue weighted by Gasteiger charge is -2.32. The van der Waals surface area contributed by atoms with Crippen LogP contribution in [0, 0.1) is 5.92 Å². The number of rotatable bonds is 5. The molecule has 1 saturated heterocycles. The summed E-state index contributed by atoms with van der Waals surface area (Å²) in [6, 6.07) is 2.02. The maximum Gasteiger partial charge on any atom is 0.133 e. The van der Waals surface area contributed by atoms with E-state index in [1.165, 1.54) is 25.9 Å². The minimum atomic E-state index is 0.737. The van der Waals surface area contributed by atoms with Crippen LogP contribution >= 0.6 is 0 Å². The molecular weight excluding hydrogens is 238 g/mol. The van der Waals surface area contributed by atoms with E-state index in [0.717, 1.165) is 30.6 Å². The second-order valence-electron chi connectivity index (χ2n) is 5.44. The standard InChI is InChI=1S/C14H25N5/c1-4-15-13-8-14(17-11-16-13)19(3)10-12-6-5-7-18(2)9-12/h8,11-12H,4-7,9-10H2,1-3H3,(H,15,16,17). The number of hydrogen-bond donors (Lipinski definition) is 1. The molecule has 0 saturated carbocycles. The van der Waals surface area contributed by atoms with E-state index in [2.05, 4.69) is 46.1 Å². The number of nitrogens with zero attached hydrogens (tertiary/aromatic N) is 4. The van der Waals surface area contributed by atoms with Gasteiger partial charge in [0.1, 0.15) is 18.0 Å². The van der Waals surface area contributed by atoms with Crippen molar-refractivity contribution < 1.29 is 0 Å². The normalized spacial score (nSPS) is 20.3. The van der Waals surface area contributed by atoms with Gasteiger partial charge in [0.2, 0.25) is 0 Å². The highest BCUT2D eigenvalue weighted by Gasteiger charge is 2.19. The minimum absolute atomic E-state index is 0.737. The number of piperidine rings is 1. The average molecular weight is 263 g/mol. The molecule has 5 nitrogen and oxygen atoms in total. The zero-order valence-electron chi connectivity index (χ0n) is 12.3. The Labute approximate surface area is 116 Å². The summed E-state index contributed by atoms with van der Waals surface area (Å²) in [5.41, 5.74) is 0. The Kier molecular flexibility index (Phi) is 4.96. The lowest BCUT2D eigenvalue weighted by atomic mass is 9.98. The Bertz CT molecular complexity index is 395. The van der Waals surface area contributed by atoms with Gasteiger partial charge in [-0.15, -0.1) is 0 Å². The third-order valence-electron chi connectivity index (χ3n) is 3.66. The minimum Gasteiger partial charge on any atom is -0.370 e. The summed E-state index contributed by atoms with van der Waals surface area (Å²) in [7, 11) is 4.33. The molecule has 1 aromatic heterocycles. The van der Waals surface area contributed by atoms with Crippen molar-refractivity contribution in [2.24, 2.45) is 5.92 Å². The summed E-state index contributed by atoms with van der Waals surface area (Å²) < 4.78 is 0. The highest BCUT2D eigenvalue weighted by molar-refractivity contribution is 5.47. The van der Waals surface area contributed by atoms with E-state index in [4.69, 9.17) is 0 Å². The molecule has 0 aromatic carbocycles. The predicted octanol–water partition coefficient (Wildman–Crippen LogP) is 1.69. The number of nitrogens with one attached hydrogen (secondary N) is 1. The van der Waals surface area contributed by atoms with Gasteiger partial charge in [-0.2, -0.15) is 0 Å². The molecule has 2 heterocycles. The fraction of sp³-hybridized carbons (Fsp3) is 0.714. The lowest BCUT2D eigenvalue weighted by Crippen LogP contribution is -2.38. The molecule has 106 valence electrons.